The summed E-state index contributed by atoms with van der Waals surface area (Å²) in [6.45, 7) is 11.7. The van der Waals surface area contributed by atoms with Crippen LogP contribution in [0.2, 0.25) is 0 Å². The van der Waals surface area contributed by atoms with E-state index in [1.54, 1.807) is 47.6 Å². The fraction of sp³-hybridized carbons (Fsp3) is 0.600. The molecule has 0 radical (unpaired) electrons. The van der Waals surface area contributed by atoms with Crippen LogP contribution in [0, 0.1) is 5.92 Å². The van der Waals surface area contributed by atoms with E-state index in [-0.39, 0.29) is 36.4 Å². The highest BCUT2D eigenvalue weighted by Crippen LogP contribution is 2.30. The molecule has 0 spiro atoms. The molecule has 0 aromatic heterocycles. The molecule has 1 rings (SSSR count). The van der Waals surface area contributed by atoms with Gasteiger partial charge in [0.25, 0.3) is 0 Å². The third kappa shape index (κ3) is 11.4. The van der Waals surface area contributed by atoms with Crippen molar-refractivity contribution in [3.05, 3.63) is 23.8 Å². The molecule has 202 valence electrons. The van der Waals surface area contributed by atoms with Crippen molar-refractivity contribution in [3.63, 3.8) is 0 Å². The van der Waals surface area contributed by atoms with E-state index in [2.05, 4.69) is 0 Å². The van der Waals surface area contributed by atoms with Gasteiger partial charge >= 0.3 is 24.2 Å². The molecule has 0 amide bonds. The van der Waals surface area contributed by atoms with Crippen molar-refractivity contribution >= 4 is 24.2 Å². The van der Waals surface area contributed by atoms with Crippen LogP contribution in [0.4, 0.5) is 9.59 Å². The molecule has 1 aromatic carbocycles. The normalized spacial score (nSPS) is 13.4. The van der Waals surface area contributed by atoms with Gasteiger partial charge < -0.3 is 34.2 Å². The lowest BCUT2D eigenvalue weighted by Gasteiger charge is -2.18. The lowest BCUT2D eigenvalue weighted by molar-refractivity contribution is -0.161. The number of hydrogen-bond acceptors (Lipinski definition) is 11. The van der Waals surface area contributed by atoms with Gasteiger partial charge in [-0.05, 0) is 65.2 Å². The Morgan fingerprint density at radius 2 is 1.36 bits per heavy atom. The largest absolute Gasteiger partial charge is 0.514 e. The van der Waals surface area contributed by atoms with E-state index in [0.717, 1.165) is 0 Å². The fourth-order valence-electron chi connectivity index (χ4n) is 2.62. The Balaban J connectivity index is 2.86. The van der Waals surface area contributed by atoms with Gasteiger partial charge in [0.05, 0.1) is 18.1 Å². The Morgan fingerprint density at radius 1 is 0.806 bits per heavy atom. The molecule has 0 saturated carbocycles. The fourth-order valence-corrected chi connectivity index (χ4v) is 2.62. The van der Waals surface area contributed by atoms with Gasteiger partial charge in [0.2, 0.25) is 0 Å². The highest BCUT2D eigenvalue weighted by atomic mass is 16.7. The molecule has 3 atom stereocenters. The van der Waals surface area contributed by atoms with Crippen molar-refractivity contribution in [3.8, 4) is 11.5 Å². The van der Waals surface area contributed by atoms with Gasteiger partial charge in [-0.25, -0.2) is 9.59 Å². The monoisotopic (exact) mass is 511 g/mol. The molecule has 0 bridgehead atoms. The molecule has 0 heterocycles. The summed E-state index contributed by atoms with van der Waals surface area (Å²) in [4.78, 5) is 48.1. The molecule has 1 unspecified atom stereocenters. The molecule has 0 fully saturated rings. The van der Waals surface area contributed by atoms with Crippen molar-refractivity contribution in [2.75, 3.05) is 6.61 Å². The third-order valence-electron chi connectivity index (χ3n) is 4.61. The van der Waals surface area contributed by atoms with Crippen LogP contribution >= 0.6 is 0 Å². The van der Waals surface area contributed by atoms with E-state index in [0.29, 0.717) is 12.0 Å². The van der Waals surface area contributed by atoms with E-state index in [1.165, 1.54) is 12.1 Å². The minimum Gasteiger partial charge on any atom is -0.461 e. The van der Waals surface area contributed by atoms with Gasteiger partial charge in [-0.2, -0.15) is 0 Å². The predicted molar refractivity (Wildman–Crippen MR) is 129 cm³/mol. The summed E-state index contributed by atoms with van der Waals surface area (Å²) in [5.41, 5.74) is 6.47. The lowest BCUT2D eigenvalue weighted by atomic mass is 10.1. The first-order valence-electron chi connectivity index (χ1n) is 11.8. The highest BCUT2D eigenvalue weighted by Gasteiger charge is 2.22. The van der Waals surface area contributed by atoms with Crippen LogP contribution < -0.4 is 15.2 Å². The van der Waals surface area contributed by atoms with Crippen molar-refractivity contribution in [1.82, 2.24) is 0 Å². The van der Waals surface area contributed by atoms with Gasteiger partial charge in [-0.3, -0.25) is 9.59 Å². The summed E-state index contributed by atoms with van der Waals surface area (Å²) in [5.74, 6) is -1.53. The van der Waals surface area contributed by atoms with Crippen LogP contribution in [0.3, 0.4) is 0 Å². The molecule has 36 heavy (non-hydrogen) atoms. The smallest absolute Gasteiger partial charge is 0.461 e. The zero-order chi connectivity index (χ0) is 27.4. The number of hydrogen-bond donors (Lipinski definition) is 1. The summed E-state index contributed by atoms with van der Waals surface area (Å²) >= 11 is 0. The van der Waals surface area contributed by atoms with E-state index >= 15 is 0 Å². The second kappa shape index (κ2) is 14.9. The molecule has 11 heteroatoms. The van der Waals surface area contributed by atoms with Crippen molar-refractivity contribution in [2.24, 2.45) is 11.7 Å². The minimum atomic E-state index is -1.06. The number of benzene rings is 1. The second-order valence-electron chi connectivity index (χ2n) is 8.82. The maximum Gasteiger partial charge on any atom is 0.514 e. The number of nitrogens with two attached hydrogens (primary N) is 1. The first-order valence-corrected chi connectivity index (χ1v) is 11.8. The molecule has 11 nitrogen and oxygen atoms in total. The predicted octanol–water partition coefficient (Wildman–Crippen LogP) is 3.93. The van der Waals surface area contributed by atoms with E-state index < -0.39 is 42.6 Å². The maximum absolute atomic E-state index is 12.3. The zero-order valence-electron chi connectivity index (χ0n) is 21.9. The highest BCUT2D eigenvalue weighted by molar-refractivity contribution is 5.76. The zero-order valence-corrected chi connectivity index (χ0v) is 21.9. The van der Waals surface area contributed by atoms with Crippen LogP contribution in [0.15, 0.2) is 18.2 Å². The van der Waals surface area contributed by atoms with E-state index in [1.807, 2.05) is 6.92 Å². The standard InChI is InChI=1S/C25H37NO10/c1-8-16(6)22(27)34-17(7)13-31-23(28)19(26)11-18-9-10-20(35-24(29)32-14(2)3)21(12-18)36-25(30)33-15(4)5/h9-10,12,14-17,19H,8,11,13,26H2,1-7H3/t16?,17-,19-/m0/s1. The van der Waals surface area contributed by atoms with Crippen molar-refractivity contribution < 1.29 is 47.6 Å². The van der Waals surface area contributed by atoms with Crippen LogP contribution in [-0.4, -0.2) is 55.2 Å². The van der Waals surface area contributed by atoms with Crippen molar-refractivity contribution in [1.29, 1.82) is 0 Å². The first kappa shape index (κ1) is 30.7. The van der Waals surface area contributed by atoms with Gasteiger partial charge in [0.1, 0.15) is 18.8 Å². The maximum atomic E-state index is 12.3. The Morgan fingerprint density at radius 3 is 1.89 bits per heavy atom. The van der Waals surface area contributed by atoms with Gasteiger partial charge in [0.15, 0.2) is 11.5 Å². The van der Waals surface area contributed by atoms with Crippen LogP contribution in [-0.2, 0) is 35.0 Å². The lowest BCUT2D eigenvalue weighted by Crippen LogP contribution is -2.36. The molecule has 1 aromatic rings. The average Bonchev–Trinajstić information content (AvgIpc) is 2.77. The molecule has 2 N–H and O–H groups in total. The molecule has 0 saturated heterocycles. The van der Waals surface area contributed by atoms with Crippen LogP contribution in [0.1, 0.15) is 60.5 Å². The summed E-state index contributed by atoms with van der Waals surface area (Å²) in [6.07, 6.45) is -2.82. The van der Waals surface area contributed by atoms with E-state index in [9.17, 15) is 19.2 Å². The molecule has 0 aliphatic carbocycles. The van der Waals surface area contributed by atoms with E-state index in [4.69, 9.17) is 34.2 Å². The Hall–Kier alpha value is -3.34. The second-order valence-corrected chi connectivity index (χ2v) is 8.82. The number of rotatable bonds is 12. The SMILES string of the molecule is CCC(C)C(=O)O[C@@H](C)COC(=O)[C@@H](N)Cc1ccc(OC(=O)OC(C)C)c(OC(=O)OC(C)C)c1. The Bertz CT molecular complexity index is 899. The summed E-state index contributed by atoms with van der Waals surface area (Å²) in [6, 6.07) is 3.25. The molecular formula is C25H37NO10. The molecular weight excluding hydrogens is 474 g/mol. The number of carbonyl (C=O) groups is 4. The minimum absolute atomic E-state index is 0.0200. The van der Waals surface area contributed by atoms with Gasteiger partial charge in [0, 0.05) is 0 Å². The number of ether oxygens (including phenoxy) is 6. The quantitative estimate of drug-likeness (QED) is 0.247. The summed E-state index contributed by atoms with van der Waals surface area (Å²) < 4.78 is 30.6. The Labute approximate surface area is 211 Å². The first-order chi connectivity index (χ1) is 16.8. The van der Waals surface area contributed by atoms with Crippen LogP contribution in [0.5, 0.6) is 11.5 Å². The summed E-state index contributed by atoms with van der Waals surface area (Å²) in [5, 5.41) is 0. The average molecular weight is 512 g/mol. The Kier molecular flexibility index (Phi) is 12.7. The molecule has 0 aliphatic rings. The number of carbonyl (C=O) groups excluding carboxylic acids is 4. The van der Waals surface area contributed by atoms with Crippen molar-refractivity contribution in [2.45, 2.75) is 85.7 Å². The van der Waals surface area contributed by atoms with Gasteiger partial charge in [-0.1, -0.05) is 19.9 Å². The van der Waals surface area contributed by atoms with Gasteiger partial charge in [-0.15, -0.1) is 0 Å². The molecule has 0 aliphatic heterocycles. The summed E-state index contributed by atoms with van der Waals surface area (Å²) in [7, 11) is 0. The number of esters is 2. The third-order valence-corrected chi connectivity index (χ3v) is 4.61. The topological polar surface area (TPSA) is 150 Å². The van der Waals surface area contributed by atoms with Crippen LogP contribution in [0.25, 0.3) is 0 Å².